The van der Waals surface area contributed by atoms with Crippen LogP contribution in [0.4, 0.5) is 0 Å². The van der Waals surface area contributed by atoms with Crippen LogP contribution in [0.25, 0.3) is 0 Å². The van der Waals surface area contributed by atoms with Crippen LogP contribution in [0.3, 0.4) is 0 Å². The van der Waals surface area contributed by atoms with E-state index in [-0.39, 0.29) is 17.8 Å². The zero-order valence-corrected chi connectivity index (χ0v) is 14.6. The Bertz CT molecular complexity index is 783. The number of carboxylic acid groups (broad SMARTS) is 1. The lowest BCUT2D eigenvalue weighted by Crippen LogP contribution is -2.27. The lowest BCUT2D eigenvalue weighted by molar-refractivity contribution is 0.0645. The Morgan fingerprint density at radius 1 is 1.23 bits per heavy atom. The molecular weight excluding hydrogens is 334 g/mol. The molecule has 0 aliphatic carbocycles. The van der Waals surface area contributed by atoms with Gasteiger partial charge in [-0.15, -0.1) is 0 Å². The fourth-order valence-corrected chi connectivity index (χ4v) is 3.66. The van der Waals surface area contributed by atoms with Gasteiger partial charge in [0.15, 0.2) is 5.69 Å². The maximum absolute atomic E-state index is 11.6. The molecule has 1 saturated heterocycles. The summed E-state index contributed by atoms with van der Waals surface area (Å²) >= 11 is 0. The van der Waals surface area contributed by atoms with E-state index in [2.05, 4.69) is 16.5 Å². The first-order chi connectivity index (χ1) is 12.7. The molecule has 1 atom stereocenters. The molecule has 0 spiro atoms. The first kappa shape index (κ1) is 17.1. The van der Waals surface area contributed by atoms with Crippen molar-refractivity contribution in [2.24, 2.45) is 0 Å². The second kappa shape index (κ2) is 7.47. The summed E-state index contributed by atoms with van der Waals surface area (Å²) in [7, 11) is 0. The van der Waals surface area contributed by atoms with E-state index in [1.807, 2.05) is 24.4 Å². The number of aromatic carboxylic acids is 1. The van der Waals surface area contributed by atoms with Crippen molar-refractivity contribution in [3.8, 4) is 5.75 Å². The molecule has 2 aliphatic rings. The van der Waals surface area contributed by atoms with Crippen LogP contribution in [0, 0.1) is 0 Å². The van der Waals surface area contributed by atoms with Gasteiger partial charge in [-0.1, -0.05) is 18.2 Å². The molecule has 0 amide bonds. The van der Waals surface area contributed by atoms with E-state index in [0.29, 0.717) is 31.9 Å². The van der Waals surface area contributed by atoms with Gasteiger partial charge in [0, 0.05) is 49.5 Å². The number of carboxylic acids is 1. The molecule has 138 valence electrons. The predicted molar refractivity (Wildman–Crippen MR) is 94.4 cm³/mol. The highest BCUT2D eigenvalue weighted by Gasteiger charge is 2.24. The van der Waals surface area contributed by atoms with Crippen LogP contribution < -0.4 is 10.1 Å². The van der Waals surface area contributed by atoms with E-state index in [1.165, 1.54) is 0 Å². The van der Waals surface area contributed by atoms with Gasteiger partial charge in [-0.05, 0) is 18.9 Å². The van der Waals surface area contributed by atoms with Crippen LogP contribution in [0.15, 0.2) is 30.5 Å². The second-order valence-corrected chi connectivity index (χ2v) is 6.74. The number of nitrogens with one attached hydrogen (secondary N) is 1. The zero-order chi connectivity index (χ0) is 17.9. The van der Waals surface area contributed by atoms with Crippen LogP contribution in [-0.2, 0) is 11.3 Å². The van der Waals surface area contributed by atoms with E-state index in [1.54, 1.807) is 4.68 Å². The van der Waals surface area contributed by atoms with Crippen molar-refractivity contribution in [1.29, 1.82) is 0 Å². The summed E-state index contributed by atoms with van der Waals surface area (Å²) in [4.78, 5) is 11.6. The lowest BCUT2D eigenvalue weighted by atomic mass is 10.0. The van der Waals surface area contributed by atoms with E-state index in [4.69, 9.17) is 9.47 Å². The van der Waals surface area contributed by atoms with Crippen molar-refractivity contribution in [1.82, 2.24) is 15.1 Å². The van der Waals surface area contributed by atoms with Crippen LogP contribution in [-0.4, -0.2) is 40.7 Å². The Labute approximate surface area is 151 Å². The molecule has 1 fully saturated rings. The van der Waals surface area contributed by atoms with Gasteiger partial charge in [0.25, 0.3) is 0 Å². The van der Waals surface area contributed by atoms with Crippen molar-refractivity contribution in [2.75, 3.05) is 19.8 Å². The summed E-state index contributed by atoms with van der Waals surface area (Å²) in [5, 5.41) is 17.3. The van der Waals surface area contributed by atoms with Gasteiger partial charge in [0.05, 0.1) is 12.6 Å². The molecule has 2 N–H and O–H groups in total. The molecule has 26 heavy (non-hydrogen) atoms. The van der Waals surface area contributed by atoms with Crippen LogP contribution in [0.5, 0.6) is 5.75 Å². The van der Waals surface area contributed by atoms with Crippen molar-refractivity contribution in [3.63, 3.8) is 0 Å². The molecule has 4 rings (SSSR count). The average Bonchev–Trinajstić information content (AvgIpc) is 3.12. The third-order valence-electron chi connectivity index (χ3n) is 5.07. The van der Waals surface area contributed by atoms with Crippen molar-refractivity contribution < 1.29 is 19.4 Å². The van der Waals surface area contributed by atoms with Gasteiger partial charge >= 0.3 is 5.97 Å². The van der Waals surface area contributed by atoms with E-state index >= 15 is 0 Å². The molecule has 3 heterocycles. The fraction of sp³-hybridized carbons (Fsp3) is 0.474. The quantitative estimate of drug-likeness (QED) is 0.855. The standard InChI is InChI=1S/C19H23N3O4/c23-19(24)18-13(12-22(21-18)14-5-8-25-9-6-14)11-20-16-7-10-26-17-4-2-1-3-15(16)17/h1-4,12,14,16,20H,5-11H2,(H,23,24). The fourth-order valence-electron chi connectivity index (χ4n) is 3.66. The first-order valence-electron chi connectivity index (χ1n) is 9.06. The highest BCUT2D eigenvalue weighted by Crippen LogP contribution is 2.32. The number of aromatic nitrogens is 2. The molecule has 2 aromatic rings. The minimum absolute atomic E-state index is 0.129. The second-order valence-electron chi connectivity index (χ2n) is 6.74. The SMILES string of the molecule is O=C(O)c1nn(C2CCOCC2)cc1CNC1CCOc2ccccc21. The summed E-state index contributed by atoms with van der Waals surface area (Å²) in [5.41, 5.74) is 1.96. The molecule has 1 aromatic heterocycles. The lowest BCUT2D eigenvalue weighted by Gasteiger charge is -2.26. The Kier molecular flexibility index (Phi) is 4.90. The normalized spacial score (nSPS) is 20.4. The third kappa shape index (κ3) is 3.45. The Morgan fingerprint density at radius 2 is 2.04 bits per heavy atom. The van der Waals surface area contributed by atoms with Gasteiger partial charge in [0.2, 0.25) is 0 Å². The highest BCUT2D eigenvalue weighted by molar-refractivity contribution is 5.86. The first-order valence-corrected chi connectivity index (χ1v) is 9.06. The van der Waals surface area contributed by atoms with E-state index in [0.717, 1.165) is 30.6 Å². The number of benzene rings is 1. The molecule has 7 nitrogen and oxygen atoms in total. The number of hydrogen-bond donors (Lipinski definition) is 2. The maximum Gasteiger partial charge on any atom is 0.356 e. The average molecular weight is 357 g/mol. The van der Waals surface area contributed by atoms with Crippen LogP contribution in [0.1, 0.15) is 53.0 Å². The molecule has 1 unspecified atom stereocenters. The van der Waals surface area contributed by atoms with Crippen molar-refractivity contribution >= 4 is 5.97 Å². The van der Waals surface area contributed by atoms with Gasteiger partial charge in [-0.2, -0.15) is 5.10 Å². The van der Waals surface area contributed by atoms with Gasteiger partial charge < -0.3 is 19.9 Å². The van der Waals surface area contributed by atoms with E-state index in [9.17, 15) is 9.90 Å². The molecule has 1 aromatic carbocycles. The Balaban J connectivity index is 1.51. The van der Waals surface area contributed by atoms with E-state index < -0.39 is 5.97 Å². The molecule has 0 saturated carbocycles. The zero-order valence-electron chi connectivity index (χ0n) is 14.6. The summed E-state index contributed by atoms with van der Waals surface area (Å²) in [6.07, 6.45) is 4.45. The topological polar surface area (TPSA) is 85.6 Å². The van der Waals surface area contributed by atoms with Gasteiger partial charge in [0.1, 0.15) is 5.75 Å². The van der Waals surface area contributed by atoms with Crippen molar-refractivity contribution in [2.45, 2.75) is 37.9 Å². The highest BCUT2D eigenvalue weighted by atomic mass is 16.5. The summed E-state index contributed by atoms with van der Waals surface area (Å²) in [6, 6.07) is 8.33. The number of hydrogen-bond acceptors (Lipinski definition) is 5. The Morgan fingerprint density at radius 3 is 2.85 bits per heavy atom. The number of fused-ring (bicyclic) bond motifs is 1. The molecule has 0 radical (unpaired) electrons. The van der Waals surface area contributed by atoms with Crippen LogP contribution >= 0.6 is 0 Å². The number of para-hydroxylation sites is 1. The third-order valence-corrected chi connectivity index (χ3v) is 5.07. The molecular formula is C19H23N3O4. The maximum atomic E-state index is 11.6. The number of rotatable bonds is 5. The van der Waals surface area contributed by atoms with Crippen molar-refractivity contribution in [3.05, 3.63) is 47.3 Å². The minimum Gasteiger partial charge on any atom is -0.493 e. The predicted octanol–water partition coefficient (Wildman–Crippen LogP) is 2.55. The number of nitrogens with zero attached hydrogens (tertiary/aromatic N) is 2. The van der Waals surface area contributed by atoms with Gasteiger partial charge in [-0.25, -0.2) is 4.79 Å². The Hall–Kier alpha value is -2.38. The van der Waals surface area contributed by atoms with Gasteiger partial charge in [-0.3, -0.25) is 4.68 Å². The number of ether oxygens (including phenoxy) is 2. The molecule has 0 bridgehead atoms. The number of carbonyl (C=O) groups is 1. The molecule has 2 aliphatic heterocycles. The summed E-state index contributed by atoms with van der Waals surface area (Å²) in [5.74, 6) is -0.0902. The largest absolute Gasteiger partial charge is 0.493 e. The minimum atomic E-state index is -0.986. The summed E-state index contributed by atoms with van der Waals surface area (Å²) in [6.45, 7) is 2.50. The molecule has 7 heteroatoms. The smallest absolute Gasteiger partial charge is 0.356 e. The monoisotopic (exact) mass is 357 g/mol. The van der Waals surface area contributed by atoms with Crippen LogP contribution in [0.2, 0.25) is 0 Å². The summed E-state index contributed by atoms with van der Waals surface area (Å²) < 4.78 is 12.9.